The fourth-order valence-corrected chi connectivity index (χ4v) is 3.57. The maximum Gasteiger partial charge on any atom is 0.238 e. The standard InChI is InChI=1S/C17H14Cl3N5OS/c1-9(16(26)22-14-13(20)7-12(19)8-21-14)27-17-24-23-15(25(17)2)10-3-5-11(18)6-4-10/h3-9H,1-2H3,(H,21,22,26). The highest BCUT2D eigenvalue weighted by Crippen LogP contribution is 2.28. The van der Waals surface area contributed by atoms with Gasteiger partial charge in [-0.25, -0.2) is 4.98 Å². The molecule has 1 atom stereocenters. The van der Waals surface area contributed by atoms with Gasteiger partial charge in [-0.05, 0) is 37.3 Å². The van der Waals surface area contributed by atoms with E-state index < -0.39 is 5.25 Å². The molecule has 0 bridgehead atoms. The van der Waals surface area contributed by atoms with E-state index in [0.717, 1.165) is 5.56 Å². The molecule has 0 fully saturated rings. The molecule has 27 heavy (non-hydrogen) atoms. The number of nitrogens with one attached hydrogen (secondary N) is 1. The van der Waals surface area contributed by atoms with E-state index in [9.17, 15) is 4.79 Å². The van der Waals surface area contributed by atoms with E-state index in [1.807, 2.05) is 23.7 Å². The molecule has 0 aliphatic heterocycles. The summed E-state index contributed by atoms with van der Waals surface area (Å²) in [6.45, 7) is 1.76. The second-order valence-electron chi connectivity index (χ2n) is 5.61. The van der Waals surface area contributed by atoms with Crippen LogP contribution in [0, 0.1) is 0 Å². The number of aromatic nitrogens is 4. The Morgan fingerprint density at radius 2 is 1.85 bits per heavy atom. The second kappa shape index (κ2) is 8.48. The predicted octanol–water partition coefficient (Wildman–Crippen LogP) is 4.96. The maximum absolute atomic E-state index is 12.4. The van der Waals surface area contributed by atoms with Crippen molar-refractivity contribution >= 4 is 58.3 Å². The molecule has 1 aromatic carbocycles. The van der Waals surface area contributed by atoms with Gasteiger partial charge in [0.2, 0.25) is 5.91 Å². The van der Waals surface area contributed by atoms with Crippen LogP contribution >= 0.6 is 46.6 Å². The number of rotatable bonds is 5. The number of amides is 1. The Balaban J connectivity index is 1.71. The lowest BCUT2D eigenvalue weighted by Gasteiger charge is -2.12. The van der Waals surface area contributed by atoms with Crippen LogP contribution in [0.25, 0.3) is 11.4 Å². The summed E-state index contributed by atoms with van der Waals surface area (Å²) in [6, 6.07) is 8.83. The van der Waals surface area contributed by atoms with Gasteiger partial charge in [-0.15, -0.1) is 10.2 Å². The van der Waals surface area contributed by atoms with Gasteiger partial charge in [-0.1, -0.05) is 46.6 Å². The largest absolute Gasteiger partial charge is 0.308 e. The zero-order chi connectivity index (χ0) is 19.6. The molecular weight excluding hydrogens is 429 g/mol. The van der Waals surface area contributed by atoms with E-state index in [1.165, 1.54) is 24.0 Å². The first-order valence-electron chi connectivity index (χ1n) is 7.79. The third-order valence-corrected chi connectivity index (χ3v) is 5.52. The summed E-state index contributed by atoms with van der Waals surface area (Å²) < 4.78 is 1.82. The summed E-state index contributed by atoms with van der Waals surface area (Å²) in [6.07, 6.45) is 1.42. The van der Waals surface area contributed by atoms with Gasteiger partial charge in [-0.3, -0.25) is 4.79 Å². The van der Waals surface area contributed by atoms with Gasteiger partial charge in [0.25, 0.3) is 0 Å². The molecule has 3 aromatic rings. The number of halogens is 3. The topological polar surface area (TPSA) is 72.7 Å². The van der Waals surface area contributed by atoms with Gasteiger partial charge in [0.05, 0.1) is 15.3 Å². The predicted molar refractivity (Wildman–Crippen MR) is 110 cm³/mol. The van der Waals surface area contributed by atoms with Crippen LogP contribution in [0.15, 0.2) is 41.7 Å². The SMILES string of the molecule is CC(Sc1nnc(-c2ccc(Cl)cc2)n1C)C(=O)Nc1ncc(Cl)cc1Cl. The minimum absolute atomic E-state index is 0.257. The Labute approximate surface area is 175 Å². The van der Waals surface area contributed by atoms with Crippen LogP contribution in [0.4, 0.5) is 5.82 Å². The smallest absolute Gasteiger partial charge is 0.238 e. The Bertz CT molecular complexity index is 977. The summed E-state index contributed by atoms with van der Waals surface area (Å²) in [5.41, 5.74) is 0.885. The molecule has 1 unspecified atom stereocenters. The molecule has 2 aromatic heterocycles. The van der Waals surface area contributed by atoms with E-state index in [0.29, 0.717) is 21.0 Å². The zero-order valence-corrected chi connectivity index (χ0v) is 17.4. The van der Waals surface area contributed by atoms with Crippen LogP contribution in [-0.4, -0.2) is 30.9 Å². The molecule has 0 radical (unpaired) electrons. The molecule has 0 saturated heterocycles. The van der Waals surface area contributed by atoms with Crippen molar-refractivity contribution in [3.05, 3.63) is 51.6 Å². The number of carbonyl (C=O) groups excluding carboxylic acids is 1. The van der Waals surface area contributed by atoms with Gasteiger partial charge >= 0.3 is 0 Å². The van der Waals surface area contributed by atoms with Crippen LogP contribution in [0.2, 0.25) is 15.1 Å². The number of hydrogen-bond donors (Lipinski definition) is 1. The lowest BCUT2D eigenvalue weighted by molar-refractivity contribution is -0.115. The van der Waals surface area contributed by atoms with Crippen LogP contribution < -0.4 is 5.32 Å². The minimum Gasteiger partial charge on any atom is -0.308 e. The minimum atomic E-state index is -0.445. The number of nitrogens with zero attached hydrogens (tertiary/aromatic N) is 4. The lowest BCUT2D eigenvalue weighted by Crippen LogP contribution is -2.23. The maximum atomic E-state index is 12.4. The molecule has 140 valence electrons. The second-order valence-corrected chi connectivity index (χ2v) is 8.19. The van der Waals surface area contributed by atoms with Crippen molar-refractivity contribution in [2.24, 2.45) is 7.05 Å². The number of carbonyl (C=O) groups is 1. The molecule has 1 amide bonds. The summed E-state index contributed by atoms with van der Waals surface area (Å²) >= 11 is 19.1. The third-order valence-electron chi connectivity index (χ3n) is 3.64. The van der Waals surface area contributed by atoms with Crippen molar-refractivity contribution < 1.29 is 4.79 Å². The van der Waals surface area contributed by atoms with Gasteiger partial charge < -0.3 is 9.88 Å². The van der Waals surface area contributed by atoms with Crippen molar-refractivity contribution in [3.8, 4) is 11.4 Å². The number of anilines is 1. The zero-order valence-electron chi connectivity index (χ0n) is 14.3. The van der Waals surface area contributed by atoms with Crippen molar-refractivity contribution in [2.45, 2.75) is 17.3 Å². The molecule has 0 spiro atoms. The van der Waals surface area contributed by atoms with Crippen LogP contribution in [0.5, 0.6) is 0 Å². The van der Waals surface area contributed by atoms with Crippen molar-refractivity contribution in [3.63, 3.8) is 0 Å². The van der Waals surface area contributed by atoms with Gasteiger partial charge in [0.15, 0.2) is 16.8 Å². The summed E-state index contributed by atoms with van der Waals surface area (Å²) in [7, 11) is 1.84. The molecule has 3 rings (SSSR count). The fraction of sp³-hybridized carbons (Fsp3) is 0.176. The monoisotopic (exact) mass is 441 g/mol. The van der Waals surface area contributed by atoms with Crippen LogP contribution in [0.1, 0.15) is 6.92 Å². The number of benzene rings is 1. The highest BCUT2D eigenvalue weighted by Gasteiger charge is 2.20. The molecular formula is C17H14Cl3N5OS. The summed E-state index contributed by atoms with van der Waals surface area (Å²) in [5, 5.41) is 12.6. The van der Waals surface area contributed by atoms with Crippen LogP contribution in [-0.2, 0) is 11.8 Å². The van der Waals surface area contributed by atoms with E-state index in [2.05, 4.69) is 20.5 Å². The number of hydrogen-bond acceptors (Lipinski definition) is 5. The Morgan fingerprint density at radius 3 is 2.52 bits per heavy atom. The van der Waals surface area contributed by atoms with E-state index >= 15 is 0 Å². The average Bonchev–Trinajstić information content (AvgIpc) is 2.98. The summed E-state index contributed by atoms with van der Waals surface area (Å²) in [5.74, 6) is 0.690. The van der Waals surface area contributed by atoms with Crippen molar-refractivity contribution in [2.75, 3.05) is 5.32 Å². The van der Waals surface area contributed by atoms with Crippen LogP contribution in [0.3, 0.4) is 0 Å². The normalized spacial score (nSPS) is 12.0. The Morgan fingerprint density at radius 1 is 1.15 bits per heavy atom. The molecule has 2 heterocycles. The molecule has 6 nitrogen and oxygen atoms in total. The molecule has 10 heteroatoms. The Hall–Kier alpha value is -1.80. The molecule has 0 aliphatic rings. The average molecular weight is 443 g/mol. The summed E-state index contributed by atoms with van der Waals surface area (Å²) in [4.78, 5) is 16.5. The number of thioether (sulfide) groups is 1. The first kappa shape index (κ1) is 19.9. The quantitative estimate of drug-likeness (QED) is 0.566. The van der Waals surface area contributed by atoms with Crippen molar-refractivity contribution in [1.29, 1.82) is 0 Å². The first-order valence-corrected chi connectivity index (χ1v) is 9.80. The van der Waals surface area contributed by atoms with E-state index in [1.54, 1.807) is 19.1 Å². The molecule has 0 saturated carbocycles. The van der Waals surface area contributed by atoms with Gasteiger partial charge in [0, 0.05) is 23.8 Å². The van der Waals surface area contributed by atoms with E-state index in [4.69, 9.17) is 34.8 Å². The van der Waals surface area contributed by atoms with E-state index in [-0.39, 0.29) is 16.7 Å². The number of pyridine rings is 1. The highest BCUT2D eigenvalue weighted by molar-refractivity contribution is 8.00. The first-order chi connectivity index (χ1) is 12.8. The van der Waals surface area contributed by atoms with Crippen molar-refractivity contribution in [1.82, 2.24) is 19.7 Å². The highest BCUT2D eigenvalue weighted by atomic mass is 35.5. The third kappa shape index (κ3) is 4.73. The van der Waals surface area contributed by atoms with Gasteiger partial charge in [-0.2, -0.15) is 0 Å². The molecule has 0 aliphatic carbocycles. The fourth-order valence-electron chi connectivity index (χ4n) is 2.20. The molecule has 1 N–H and O–H groups in total. The Kier molecular flexibility index (Phi) is 6.26. The lowest BCUT2D eigenvalue weighted by atomic mass is 10.2. The van der Waals surface area contributed by atoms with Gasteiger partial charge in [0.1, 0.15) is 0 Å².